The number of Topliss-reactive ketones (excluding diaryl/α,β-unsaturated/α-hetero) is 1. The van der Waals surface area contributed by atoms with E-state index in [2.05, 4.69) is 6.92 Å². The summed E-state index contributed by atoms with van der Waals surface area (Å²) in [5.41, 5.74) is 1.47. The maximum atomic E-state index is 12.0. The summed E-state index contributed by atoms with van der Waals surface area (Å²) in [5.74, 6) is -0.157. The molecule has 0 spiro atoms. The zero-order valence-corrected chi connectivity index (χ0v) is 11.4. The number of fused-ring (bicyclic) bond motifs is 3. The van der Waals surface area contributed by atoms with Crippen LogP contribution in [0, 0.1) is 17.8 Å². The summed E-state index contributed by atoms with van der Waals surface area (Å²) in [6.45, 7) is 2.07. The fourth-order valence-electron chi connectivity index (χ4n) is 3.35. The molecule has 20 heavy (non-hydrogen) atoms. The second kappa shape index (κ2) is 4.47. The van der Waals surface area contributed by atoms with Gasteiger partial charge in [-0.15, -0.1) is 0 Å². The van der Waals surface area contributed by atoms with Gasteiger partial charge in [-0.25, -0.2) is 0 Å². The van der Waals surface area contributed by atoms with Gasteiger partial charge in [0.15, 0.2) is 17.3 Å². The highest BCUT2D eigenvalue weighted by atomic mass is 16.5. The van der Waals surface area contributed by atoms with Crippen molar-refractivity contribution < 1.29 is 19.4 Å². The number of hydrogen-bond donors (Lipinski definition) is 1. The number of carbonyl (C=O) groups excluding carboxylic acids is 2. The molecule has 0 saturated heterocycles. The normalized spacial score (nSPS) is 32.4. The van der Waals surface area contributed by atoms with Crippen LogP contribution in [0.3, 0.4) is 0 Å². The first kappa shape index (κ1) is 12.9. The molecule has 0 aliphatic heterocycles. The SMILES string of the molecule is COC1=CC2C(CC1=O)C1=C(O)C(=O)C=CC1=C[C@@H]2C. The lowest BCUT2D eigenvalue weighted by molar-refractivity contribution is -0.120. The molecule has 0 aromatic rings. The summed E-state index contributed by atoms with van der Waals surface area (Å²) in [5, 5.41) is 10.1. The molecule has 4 nitrogen and oxygen atoms in total. The second-order valence-electron chi connectivity index (χ2n) is 5.49. The lowest BCUT2D eigenvalue weighted by Crippen LogP contribution is -2.34. The van der Waals surface area contributed by atoms with Crippen molar-refractivity contribution in [2.24, 2.45) is 17.8 Å². The van der Waals surface area contributed by atoms with E-state index in [4.69, 9.17) is 4.74 Å². The van der Waals surface area contributed by atoms with Crippen molar-refractivity contribution in [3.05, 3.63) is 47.0 Å². The number of aliphatic hydroxyl groups excluding tert-OH is 1. The van der Waals surface area contributed by atoms with Crippen molar-refractivity contribution in [2.75, 3.05) is 7.11 Å². The molecule has 1 N–H and O–H groups in total. The van der Waals surface area contributed by atoms with Gasteiger partial charge in [0.05, 0.1) is 7.11 Å². The first-order valence-corrected chi connectivity index (χ1v) is 6.69. The Balaban J connectivity index is 2.13. The molecule has 4 heteroatoms. The maximum absolute atomic E-state index is 12.0. The van der Waals surface area contributed by atoms with Crippen LogP contribution in [-0.2, 0) is 14.3 Å². The van der Waals surface area contributed by atoms with E-state index in [1.807, 2.05) is 12.2 Å². The van der Waals surface area contributed by atoms with Crippen LogP contribution in [0.4, 0.5) is 0 Å². The third kappa shape index (κ3) is 1.75. The summed E-state index contributed by atoms with van der Waals surface area (Å²) < 4.78 is 5.12. The Hall–Kier alpha value is -2.10. The molecule has 3 rings (SSSR count). The zero-order chi connectivity index (χ0) is 14.4. The van der Waals surface area contributed by atoms with Crippen molar-refractivity contribution in [1.29, 1.82) is 0 Å². The first-order chi connectivity index (χ1) is 9.52. The van der Waals surface area contributed by atoms with E-state index in [-0.39, 0.29) is 41.5 Å². The predicted octanol–water partition coefficient (Wildman–Crippen LogP) is 2.25. The van der Waals surface area contributed by atoms with E-state index >= 15 is 0 Å². The van der Waals surface area contributed by atoms with E-state index in [0.717, 1.165) is 5.57 Å². The van der Waals surface area contributed by atoms with Crippen molar-refractivity contribution >= 4 is 11.6 Å². The number of ketones is 2. The first-order valence-electron chi connectivity index (χ1n) is 6.69. The van der Waals surface area contributed by atoms with Crippen LogP contribution < -0.4 is 0 Å². The summed E-state index contributed by atoms with van der Waals surface area (Å²) in [4.78, 5) is 23.7. The van der Waals surface area contributed by atoms with Crippen LogP contribution in [-0.4, -0.2) is 23.8 Å². The van der Waals surface area contributed by atoms with Crippen LogP contribution in [0.25, 0.3) is 0 Å². The number of ether oxygens (including phenoxy) is 1. The summed E-state index contributed by atoms with van der Waals surface area (Å²) in [6, 6.07) is 0. The summed E-state index contributed by atoms with van der Waals surface area (Å²) >= 11 is 0. The summed E-state index contributed by atoms with van der Waals surface area (Å²) in [6.07, 6.45) is 7.24. The average Bonchev–Trinajstić information content (AvgIpc) is 2.42. The van der Waals surface area contributed by atoms with E-state index in [9.17, 15) is 14.7 Å². The smallest absolute Gasteiger partial charge is 0.220 e. The van der Waals surface area contributed by atoms with E-state index in [1.54, 1.807) is 6.08 Å². The zero-order valence-electron chi connectivity index (χ0n) is 11.4. The number of allylic oxidation sites excluding steroid dienone is 7. The number of hydrogen-bond acceptors (Lipinski definition) is 4. The molecule has 3 aliphatic carbocycles. The molecular weight excluding hydrogens is 256 g/mol. The lowest BCUT2D eigenvalue weighted by atomic mass is 9.65. The summed E-state index contributed by atoms with van der Waals surface area (Å²) in [7, 11) is 1.49. The van der Waals surface area contributed by atoms with E-state index < -0.39 is 0 Å². The third-order valence-electron chi connectivity index (χ3n) is 4.34. The minimum atomic E-state index is -0.389. The molecule has 0 fully saturated rings. The molecule has 2 unspecified atom stereocenters. The average molecular weight is 272 g/mol. The highest BCUT2D eigenvalue weighted by Gasteiger charge is 2.41. The molecule has 104 valence electrons. The van der Waals surface area contributed by atoms with Crippen LogP contribution in [0.1, 0.15) is 13.3 Å². The van der Waals surface area contributed by atoms with Gasteiger partial charge in [-0.05, 0) is 29.6 Å². The van der Waals surface area contributed by atoms with Gasteiger partial charge in [-0.3, -0.25) is 9.59 Å². The third-order valence-corrected chi connectivity index (χ3v) is 4.34. The number of methoxy groups -OCH3 is 1. The van der Waals surface area contributed by atoms with Gasteiger partial charge < -0.3 is 9.84 Å². The Morgan fingerprint density at radius 1 is 1.25 bits per heavy atom. The number of aliphatic hydroxyl groups is 1. The van der Waals surface area contributed by atoms with Crippen molar-refractivity contribution in [3.8, 4) is 0 Å². The van der Waals surface area contributed by atoms with Crippen molar-refractivity contribution in [3.63, 3.8) is 0 Å². The van der Waals surface area contributed by atoms with Gasteiger partial charge in [0, 0.05) is 17.9 Å². The Morgan fingerprint density at radius 2 is 2.00 bits per heavy atom. The molecule has 0 aromatic carbocycles. The monoisotopic (exact) mass is 272 g/mol. The van der Waals surface area contributed by atoms with Gasteiger partial charge in [0.2, 0.25) is 5.78 Å². The maximum Gasteiger partial charge on any atom is 0.220 e. The van der Waals surface area contributed by atoms with Crippen LogP contribution in [0.2, 0.25) is 0 Å². The quantitative estimate of drug-likeness (QED) is 0.795. The van der Waals surface area contributed by atoms with Gasteiger partial charge in [-0.1, -0.05) is 19.1 Å². The lowest BCUT2D eigenvalue weighted by Gasteiger charge is -2.39. The van der Waals surface area contributed by atoms with Gasteiger partial charge in [0.1, 0.15) is 0 Å². The van der Waals surface area contributed by atoms with E-state index in [1.165, 1.54) is 13.2 Å². The Kier molecular flexibility index (Phi) is 2.89. The molecule has 0 amide bonds. The standard InChI is InChI=1S/C16H16O4/c1-8-5-9-3-4-12(17)16(19)15(9)11-6-13(18)14(20-2)7-10(8)11/h3-5,7-8,10-11,19H,6H2,1-2H3/t8-,10?,11?/m0/s1. The molecule has 3 atom stereocenters. The van der Waals surface area contributed by atoms with Crippen LogP contribution in [0.15, 0.2) is 47.0 Å². The molecule has 0 saturated carbocycles. The van der Waals surface area contributed by atoms with E-state index in [0.29, 0.717) is 11.3 Å². The van der Waals surface area contributed by atoms with Crippen molar-refractivity contribution in [2.45, 2.75) is 13.3 Å². The second-order valence-corrected chi connectivity index (χ2v) is 5.49. The van der Waals surface area contributed by atoms with Crippen LogP contribution in [0.5, 0.6) is 0 Å². The topological polar surface area (TPSA) is 63.6 Å². The molecule has 0 radical (unpaired) electrons. The van der Waals surface area contributed by atoms with Crippen LogP contribution >= 0.6 is 0 Å². The largest absolute Gasteiger partial charge is 0.504 e. The van der Waals surface area contributed by atoms with Gasteiger partial charge >= 0.3 is 0 Å². The predicted molar refractivity (Wildman–Crippen MR) is 72.7 cm³/mol. The molecule has 3 aliphatic rings. The minimum Gasteiger partial charge on any atom is -0.504 e. The molecule has 0 heterocycles. The molecule has 0 aromatic heterocycles. The van der Waals surface area contributed by atoms with Gasteiger partial charge in [-0.2, -0.15) is 0 Å². The van der Waals surface area contributed by atoms with Gasteiger partial charge in [0.25, 0.3) is 0 Å². The number of carbonyl (C=O) groups is 2. The Bertz CT molecular complexity index is 618. The minimum absolute atomic E-state index is 0.0721. The van der Waals surface area contributed by atoms with Crippen molar-refractivity contribution in [1.82, 2.24) is 0 Å². The molecular formula is C16H16O4. The fourth-order valence-corrected chi connectivity index (χ4v) is 3.35. The molecule has 0 bridgehead atoms. The number of rotatable bonds is 1. The highest BCUT2D eigenvalue weighted by molar-refractivity contribution is 6.05. The Morgan fingerprint density at radius 3 is 2.70 bits per heavy atom. The Labute approximate surface area is 117 Å². The highest BCUT2D eigenvalue weighted by Crippen LogP contribution is 2.46. The fraction of sp³-hybridized carbons (Fsp3) is 0.375.